The highest BCUT2D eigenvalue weighted by Crippen LogP contribution is 2.36. The molecular weight excluding hydrogens is 324 g/mol. The SMILES string of the molecule is Cc1cc(Br)ccc1CN1CCN(C)c2cccc(C)c21. The van der Waals surface area contributed by atoms with Crippen molar-refractivity contribution < 1.29 is 0 Å². The molecule has 0 amide bonds. The number of fused-ring (bicyclic) bond motifs is 1. The zero-order valence-electron chi connectivity index (χ0n) is 12.9. The second-order valence-corrected chi connectivity index (χ2v) is 6.77. The first-order valence-electron chi connectivity index (χ1n) is 7.37. The highest BCUT2D eigenvalue weighted by atomic mass is 79.9. The van der Waals surface area contributed by atoms with Gasteiger partial charge in [-0.3, -0.25) is 0 Å². The van der Waals surface area contributed by atoms with Crippen molar-refractivity contribution in [1.29, 1.82) is 0 Å². The Balaban J connectivity index is 1.96. The van der Waals surface area contributed by atoms with E-state index in [1.807, 2.05) is 0 Å². The lowest BCUT2D eigenvalue weighted by Crippen LogP contribution is -2.39. The van der Waals surface area contributed by atoms with Crippen molar-refractivity contribution in [3.63, 3.8) is 0 Å². The molecular formula is C18H21BrN2. The number of hydrogen-bond donors (Lipinski definition) is 0. The van der Waals surface area contributed by atoms with Crippen LogP contribution < -0.4 is 9.80 Å². The maximum absolute atomic E-state index is 3.55. The molecule has 0 unspecified atom stereocenters. The molecule has 0 fully saturated rings. The van der Waals surface area contributed by atoms with Crippen LogP contribution in [-0.2, 0) is 6.54 Å². The second-order valence-electron chi connectivity index (χ2n) is 5.86. The van der Waals surface area contributed by atoms with Gasteiger partial charge in [-0.15, -0.1) is 0 Å². The topological polar surface area (TPSA) is 6.48 Å². The third kappa shape index (κ3) is 2.80. The third-order valence-electron chi connectivity index (χ3n) is 4.32. The van der Waals surface area contributed by atoms with E-state index in [9.17, 15) is 0 Å². The Hall–Kier alpha value is -1.48. The monoisotopic (exact) mass is 344 g/mol. The van der Waals surface area contributed by atoms with Crippen LogP contribution in [0.4, 0.5) is 11.4 Å². The largest absolute Gasteiger partial charge is 0.371 e. The van der Waals surface area contributed by atoms with Crippen LogP contribution in [0.15, 0.2) is 40.9 Å². The minimum atomic E-state index is 0.977. The summed E-state index contributed by atoms with van der Waals surface area (Å²) < 4.78 is 1.15. The molecule has 2 nitrogen and oxygen atoms in total. The lowest BCUT2D eigenvalue weighted by molar-refractivity contribution is 0.730. The molecule has 3 rings (SSSR count). The molecule has 1 heterocycles. The molecule has 3 heteroatoms. The van der Waals surface area contributed by atoms with Crippen LogP contribution in [0, 0.1) is 13.8 Å². The van der Waals surface area contributed by atoms with Crippen LogP contribution in [0.5, 0.6) is 0 Å². The van der Waals surface area contributed by atoms with Crippen molar-refractivity contribution in [3.8, 4) is 0 Å². The molecule has 0 aliphatic carbocycles. The van der Waals surface area contributed by atoms with E-state index in [-0.39, 0.29) is 0 Å². The van der Waals surface area contributed by atoms with E-state index in [0.717, 1.165) is 24.1 Å². The first-order chi connectivity index (χ1) is 10.1. The zero-order chi connectivity index (χ0) is 15.0. The summed E-state index contributed by atoms with van der Waals surface area (Å²) >= 11 is 3.55. The Morgan fingerprint density at radius 1 is 1.05 bits per heavy atom. The summed E-state index contributed by atoms with van der Waals surface area (Å²) in [7, 11) is 2.18. The predicted molar refractivity (Wildman–Crippen MR) is 94.4 cm³/mol. The van der Waals surface area contributed by atoms with Crippen molar-refractivity contribution >= 4 is 27.3 Å². The van der Waals surface area contributed by atoms with E-state index >= 15 is 0 Å². The lowest BCUT2D eigenvalue weighted by Gasteiger charge is -2.38. The molecule has 0 aromatic heterocycles. The minimum Gasteiger partial charge on any atom is -0.371 e. The van der Waals surface area contributed by atoms with Gasteiger partial charge >= 0.3 is 0 Å². The van der Waals surface area contributed by atoms with E-state index in [1.54, 1.807) is 0 Å². The van der Waals surface area contributed by atoms with Crippen LogP contribution in [0.25, 0.3) is 0 Å². The van der Waals surface area contributed by atoms with Crippen LogP contribution in [0.2, 0.25) is 0 Å². The maximum Gasteiger partial charge on any atom is 0.0637 e. The van der Waals surface area contributed by atoms with Crippen molar-refractivity contribution in [2.45, 2.75) is 20.4 Å². The summed E-state index contributed by atoms with van der Waals surface area (Å²) in [6.07, 6.45) is 0. The molecule has 0 spiro atoms. The van der Waals surface area contributed by atoms with E-state index in [4.69, 9.17) is 0 Å². The molecule has 21 heavy (non-hydrogen) atoms. The quantitative estimate of drug-likeness (QED) is 0.789. The van der Waals surface area contributed by atoms with Crippen LogP contribution in [0.3, 0.4) is 0 Å². The van der Waals surface area contributed by atoms with Gasteiger partial charge in [0, 0.05) is 31.2 Å². The fourth-order valence-corrected chi connectivity index (χ4v) is 3.54. The summed E-state index contributed by atoms with van der Waals surface area (Å²) in [5.74, 6) is 0. The standard InChI is InChI=1S/C18H21BrN2/c1-13-5-4-6-17-18(13)21(10-9-20(17)3)12-15-7-8-16(19)11-14(15)2/h4-8,11H,9-10,12H2,1-3H3. The summed E-state index contributed by atoms with van der Waals surface area (Å²) in [5.41, 5.74) is 6.83. The Bertz CT molecular complexity index is 666. The van der Waals surface area contributed by atoms with Crippen LogP contribution in [-0.4, -0.2) is 20.1 Å². The number of likely N-dealkylation sites (N-methyl/N-ethyl adjacent to an activating group) is 1. The van der Waals surface area contributed by atoms with Gasteiger partial charge in [0.25, 0.3) is 0 Å². The van der Waals surface area contributed by atoms with Gasteiger partial charge in [-0.2, -0.15) is 0 Å². The molecule has 0 N–H and O–H groups in total. The van der Waals surface area contributed by atoms with Gasteiger partial charge in [0.2, 0.25) is 0 Å². The first kappa shape index (κ1) is 14.5. The molecule has 1 aliphatic heterocycles. The molecule has 0 bridgehead atoms. The van der Waals surface area contributed by atoms with Gasteiger partial charge in [-0.05, 0) is 48.7 Å². The first-order valence-corrected chi connectivity index (χ1v) is 8.16. The molecule has 110 valence electrons. The highest BCUT2D eigenvalue weighted by molar-refractivity contribution is 9.10. The van der Waals surface area contributed by atoms with Crippen molar-refractivity contribution in [2.24, 2.45) is 0 Å². The molecule has 0 radical (unpaired) electrons. The van der Waals surface area contributed by atoms with Gasteiger partial charge in [0.05, 0.1) is 11.4 Å². The van der Waals surface area contributed by atoms with E-state index < -0.39 is 0 Å². The average Bonchev–Trinajstić information content (AvgIpc) is 2.45. The van der Waals surface area contributed by atoms with Crippen LogP contribution in [0.1, 0.15) is 16.7 Å². The predicted octanol–water partition coefficient (Wildman–Crippen LogP) is 4.52. The van der Waals surface area contributed by atoms with Crippen LogP contribution >= 0.6 is 15.9 Å². The Morgan fingerprint density at radius 2 is 1.86 bits per heavy atom. The van der Waals surface area contributed by atoms with Crippen molar-refractivity contribution in [2.75, 3.05) is 29.9 Å². The highest BCUT2D eigenvalue weighted by Gasteiger charge is 2.22. The fourth-order valence-electron chi connectivity index (χ4n) is 3.07. The van der Waals surface area contributed by atoms with Gasteiger partial charge in [-0.1, -0.05) is 34.1 Å². The average molecular weight is 345 g/mol. The maximum atomic E-state index is 3.55. The number of hydrogen-bond acceptors (Lipinski definition) is 2. The lowest BCUT2D eigenvalue weighted by atomic mass is 10.0. The number of para-hydroxylation sites is 1. The summed E-state index contributed by atoms with van der Waals surface area (Å²) in [6, 6.07) is 13.2. The number of anilines is 2. The Kier molecular flexibility index (Phi) is 3.94. The zero-order valence-corrected chi connectivity index (χ0v) is 14.4. The number of halogens is 1. The molecule has 0 saturated carbocycles. The van der Waals surface area contributed by atoms with Crippen molar-refractivity contribution in [1.82, 2.24) is 0 Å². The van der Waals surface area contributed by atoms with Gasteiger partial charge in [0.15, 0.2) is 0 Å². The Labute approximate surface area is 135 Å². The van der Waals surface area contributed by atoms with Gasteiger partial charge in [-0.25, -0.2) is 0 Å². The molecule has 0 atom stereocenters. The molecule has 2 aromatic rings. The fraction of sp³-hybridized carbons (Fsp3) is 0.333. The summed E-state index contributed by atoms with van der Waals surface area (Å²) in [4.78, 5) is 4.87. The Morgan fingerprint density at radius 3 is 2.62 bits per heavy atom. The van der Waals surface area contributed by atoms with E-state index in [2.05, 4.69) is 83.0 Å². The molecule has 0 saturated heterocycles. The van der Waals surface area contributed by atoms with Crippen molar-refractivity contribution in [3.05, 3.63) is 57.6 Å². The summed E-state index contributed by atoms with van der Waals surface area (Å²) in [5, 5.41) is 0. The number of aryl methyl sites for hydroxylation is 2. The number of benzene rings is 2. The van der Waals surface area contributed by atoms with E-state index in [0.29, 0.717) is 0 Å². The summed E-state index contributed by atoms with van der Waals surface area (Å²) in [6.45, 7) is 7.52. The third-order valence-corrected chi connectivity index (χ3v) is 4.81. The molecule has 2 aromatic carbocycles. The van der Waals surface area contributed by atoms with E-state index in [1.165, 1.54) is 28.1 Å². The smallest absolute Gasteiger partial charge is 0.0637 e. The van der Waals surface area contributed by atoms with Gasteiger partial charge in [0.1, 0.15) is 0 Å². The second kappa shape index (κ2) is 5.72. The number of nitrogens with zero attached hydrogens (tertiary/aromatic N) is 2. The minimum absolute atomic E-state index is 0.977. The normalized spacial score (nSPS) is 14.3. The molecule has 1 aliphatic rings. The van der Waals surface area contributed by atoms with Gasteiger partial charge < -0.3 is 9.80 Å². The number of rotatable bonds is 2.